The zero-order chi connectivity index (χ0) is 10.8. The molecular weight excluding hydrogens is 211 g/mol. The van der Waals surface area contributed by atoms with Crippen molar-refractivity contribution in [3.8, 4) is 0 Å². The summed E-state index contributed by atoms with van der Waals surface area (Å²) in [5, 5.41) is 5.88. The lowest BCUT2D eigenvalue weighted by atomic mass is 10.2. The van der Waals surface area contributed by atoms with Gasteiger partial charge in [-0.1, -0.05) is 6.07 Å². The molecular formula is C11H11FN2S. The van der Waals surface area contributed by atoms with Crippen molar-refractivity contribution in [2.24, 2.45) is 0 Å². The summed E-state index contributed by atoms with van der Waals surface area (Å²) < 4.78 is 13.4. The Morgan fingerprint density at radius 3 is 2.73 bits per heavy atom. The van der Waals surface area contributed by atoms with E-state index in [-0.39, 0.29) is 5.82 Å². The fraction of sp³-hybridized carbons (Fsp3) is 0.0909. The fourth-order valence-electron chi connectivity index (χ4n) is 1.29. The second kappa shape index (κ2) is 3.90. The van der Waals surface area contributed by atoms with E-state index >= 15 is 0 Å². The van der Waals surface area contributed by atoms with E-state index in [9.17, 15) is 4.39 Å². The number of nitrogens with two attached hydrogens (primary N) is 1. The van der Waals surface area contributed by atoms with E-state index < -0.39 is 0 Å². The summed E-state index contributed by atoms with van der Waals surface area (Å²) in [7, 11) is 0. The van der Waals surface area contributed by atoms with Gasteiger partial charge >= 0.3 is 0 Å². The van der Waals surface area contributed by atoms with Gasteiger partial charge in [-0.25, -0.2) is 4.39 Å². The number of benzene rings is 1. The number of hydrogen-bond acceptors (Lipinski definition) is 3. The summed E-state index contributed by atoms with van der Waals surface area (Å²) in [4.78, 5) is 0. The molecule has 0 aliphatic heterocycles. The van der Waals surface area contributed by atoms with Gasteiger partial charge < -0.3 is 11.1 Å². The van der Waals surface area contributed by atoms with Gasteiger partial charge in [0, 0.05) is 0 Å². The monoisotopic (exact) mass is 222 g/mol. The molecule has 78 valence electrons. The van der Waals surface area contributed by atoms with Crippen molar-refractivity contribution >= 4 is 27.7 Å². The van der Waals surface area contributed by atoms with Crippen LogP contribution in [-0.4, -0.2) is 0 Å². The van der Waals surface area contributed by atoms with Crippen LogP contribution >= 0.6 is 11.3 Å². The van der Waals surface area contributed by atoms with E-state index in [1.165, 1.54) is 17.4 Å². The zero-order valence-electron chi connectivity index (χ0n) is 8.25. The largest absolute Gasteiger partial charge is 0.397 e. The van der Waals surface area contributed by atoms with Crippen LogP contribution in [0.3, 0.4) is 0 Å². The lowest BCUT2D eigenvalue weighted by molar-refractivity contribution is 0.632. The average Bonchev–Trinajstić information content (AvgIpc) is 2.58. The maximum atomic E-state index is 13.4. The van der Waals surface area contributed by atoms with Crippen LogP contribution in [-0.2, 0) is 0 Å². The summed E-state index contributed by atoms with van der Waals surface area (Å²) >= 11 is 1.53. The van der Waals surface area contributed by atoms with Crippen LogP contribution in [0.15, 0.2) is 29.6 Å². The molecule has 0 saturated heterocycles. The number of nitrogen functional groups attached to an aromatic ring is 1. The number of para-hydroxylation sites is 1. The molecule has 1 heterocycles. The minimum Gasteiger partial charge on any atom is -0.397 e. The minimum atomic E-state index is -0.331. The van der Waals surface area contributed by atoms with Crippen LogP contribution < -0.4 is 11.1 Å². The lowest BCUT2D eigenvalue weighted by Gasteiger charge is -2.09. The van der Waals surface area contributed by atoms with Gasteiger partial charge in [0.25, 0.3) is 0 Å². The molecule has 0 spiro atoms. The number of aryl methyl sites for hydroxylation is 1. The molecule has 0 atom stereocenters. The number of nitrogens with one attached hydrogen (secondary N) is 1. The van der Waals surface area contributed by atoms with Crippen molar-refractivity contribution in [1.29, 1.82) is 0 Å². The Morgan fingerprint density at radius 1 is 1.33 bits per heavy atom. The number of thiophene rings is 1. The molecule has 1 aromatic heterocycles. The summed E-state index contributed by atoms with van der Waals surface area (Å²) in [5.41, 5.74) is 7.55. The Kier molecular flexibility index (Phi) is 2.60. The van der Waals surface area contributed by atoms with Crippen LogP contribution in [0.5, 0.6) is 0 Å². The zero-order valence-corrected chi connectivity index (χ0v) is 9.07. The summed E-state index contributed by atoms with van der Waals surface area (Å²) in [6, 6.07) is 6.64. The summed E-state index contributed by atoms with van der Waals surface area (Å²) in [5.74, 6) is -0.331. The van der Waals surface area contributed by atoms with E-state index in [0.29, 0.717) is 11.4 Å². The Balaban J connectivity index is 2.36. The van der Waals surface area contributed by atoms with Crippen molar-refractivity contribution in [2.45, 2.75) is 6.92 Å². The van der Waals surface area contributed by atoms with Crippen molar-refractivity contribution in [3.05, 3.63) is 41.0 Å². The molecule has 0 aliphatic carbocycles. The predicted octanol–water partition coefficient (Wildman–Crippen LogP) is 3.52. The Hall–Kier alpha value is -1.55. The van der Waals surface area contributed by atoms with Crippen molar-refractivity contribution in [2.75, 3.05) is 11.1 Å². The van der Waals surface area contributed by atoms with Gasteiger partial charge in [0.05, 0.1) is 16.4 Å². The molecule has 2 aromatic rings. The molecule has 0 unspecified atom stereocenters. The molecule has 1 aromatic carbocycles. The van der Waals surface area contributed by atoms with Gasteiger partial charge in [-0.3, -0.25) is 0 Å². The SMILES string of the molecule is Cc1ccsc1Nc1c(N)cccc1F. The second-order valence-corrected chi connectivity index (χ2v) is 4.18. The molecule has 2 nitrogen and oxygen atoms in total. The van der Waals surface area contributed by atoms with Crippen LogP contribution in [0.1, 0.15) is 5.56 Å². The highest BCUT2D eigenvalue weighted by atomic mass is 32.1. The van der Waals surface area contributed by atoms with Crippen molar-refractivity contribution in [1.82, 2.24) is 0 Å². The first-order chi connectivity index (χ1) is 7.18. The topological polar surface area (TPSA) is 38.0 Å². The molecule has 0 aliphatic rings. The summed E-state index contributed by atoms with van der Waals surface area (Å²) in [6.07, 6.45) is 0. The third kappa shape index (κ3) is 1.94. The predicted molar refractivity (Wildman–Crippen MR) is 63.2 cm³/mol. The first kappa shape index (κ1) is 9.98. The molecule has 3 N–H and O–H groups in total. The van der Waals surface area contributed by atoms with E-state index in [0.717, 1.165) is 10.6 Å². The van der Waals surface area contributed by atoms with Crippen molar-refractivity contribution in [3.63, 3.8) is 0 Å². The van der Waals surface area contributed by atoms with Crippen LogP contribution in [0.25, 0.3) is 0 Å². The van der Waals surface area contributed by atoms with Crippen LogP contribution in [0, 0.1) is 12.7 Å². The standard InChI is InChI=1S/C11H11FN2S/c1-7-5-6-15-11(7)14-10-8(12)3-2-4-9(10)13/h2-6,14H,13H2,1H3. The molecule has 4 heteroatoms. The lowest BCUT2D eigenvalue weighted by Crippen LogP contribution is -1.98. The maximum Gasteiger partial charge on any atom is 0.148 e. The second-order valence-electron chi connectivity index (χ2n) is 3.26. The van der Waals surface area contributed by atoms with Gasteiger partial charge in [0.1, 0.15) is 5.82 Å². The normalized spacial score (nSPS) is 10.3. The Labute approximate surface area is 91.5 Å². The first-order valence-corrected chi connectivity index (χ1v) is 5.41. The molecule has 0 amide bonds. The maximum absolute atomic E-state index is 13.4. The highest BCUT2D eigenvalue weighted by Gasteiger charge is 2.07. The Bertz CT molecular complexity index is 459. The van der Waals surface area contributed by atoms with Gasteiger partial charge in [0.2, 0.25) is 0 Å². The van der Waals surface area contributed by atoms with Gasteiger partial charge in [0.15, 0.2) is 0 Å². The molecule has 2 rings (SSSR count). The van der Waals surface area contributed by atoms with Gasteiger partial charge in [-0.2, -0.15) is 0 Å². The minimum absolute atomic E-state index is 0.331. The van der Waals surface area contributed by atoms with E-state index in [2.05, 4.69) is 5.32 Å². The van der Waals surface area contributed by atoms with Gasteiger partial charge in [-0.05, 0) is 36.1 Å². The quantitative estimate of drug-likeness (QED) is 0.763. The Morgan fingerprint density at radius 2 is 2.13 bits per heavy atom. The van der Waals surface area contributed by atoms with Crippen LogP contribution in [0.4, 0.5) is 20.8 Å². The highest BCUT2D eigenvalue weighted by Crippen LogP contribution is 2.30. The van der Waals surface area contributed by atoms with Crippen molar-refractivity contribution < 1.29 is 4.39 Å². The smallest absolute Gasteiger partial charge is 0.148 e. The number of hydrogen-bond donors (Lipinski definition) is 2. The first-order valence-electron chi connectivity index (χ1n) is 4.53. The summed E-state index contributed by atoms with van der Waals surface area (Å²) in [6.45, 7) is 1.97. The van der Waals surface area contributed by atoms with Gasteiger partial charge in [-0.15, -0.1) is 11.3 Å². The van der Waals surface area contributed by atoms with E-state index in [4.69, 9.17) is 5.73 Å². The molecule has 0 bridgehead atoms. The molecule has 0 fully saturated rings. The number of rotatable bonds is 2. The molecule has 0 saturated carbocycles. The molecule has 15 heavy (non-hydrogen) atoms. The third-order valence-corrected chi connectivity index (χ3v) is 3.08. The van der Waals surface area contributed by atoms with E-state index in [1.54, 1.807) is 12.1 Å². The van der Waals surface area contributed by atoms with E-state index in [1.807, 2.05) is 18.4 Å². The fourth-order valence-corrected chi connectivity index (χ4v) is 2.11. The third-order valence-electron chi connectivity index (χ3n) is 2.15. The highest BCUT2D eigenvalue weighted by molar-refractivity contribution is 7.14. The number of anilines is 3. The van der Waals surface area contributed by atoms with Crippen LogP contribution in [0.2, 0.25) is 0 Å². The number of halogens is 1. The average molecular weight is 222 g/mol. The molecule has 0 radical (unpaired) electrons.